The van der Waals surface area contributed by atoms with Gasteiger partial charge >= 0.3 is 0 Å². The van der Waals surface area contributed by atoms with Gasteiger partial charge in [0.25, 0.3) is 0 Å². The number of aromatic nitrogens is 2. The highest BCUT2D eigenvalue weighted by Crippen LogP contribution is 2.22. The summed E-state index contributed by atoms with van der Waals surface area (Å²) in [5.41, 5.74) is 2.31. The van der Waals surface area contributed by atoms with Crippen molar-refractivity contribution >= 4 is 17.7 Å². The molecule has 0 saturated heterocycles. The van der Waals surface area contributed by atoms with Crippen LogP contribution < -0.4 is 5.32 Å². The second-order valence-corrected chi connectivity index (χ2v) is 7.91. The van der Waals surface area contributed by atoms with Crippen LogP contribution in [0.4, 0.5) is 0 Å². The molecular weight excluding hydrogens is 318 g/mol. The first-order valence-electron chi connectivity index (χ1n) is 9.57. The number of unbranched alkanes of at least 4 members (excludes halogenated alkanes) is 1. The number of thioether (sulfide) groups is 1. The van der Waals surface area contributed by atoms with E-state index in [4.69, 9.17) is 0 Å². The van der Waals surface area contributed by atoms with E-state index in [0.717, 1.165) is 36.7 Å². The number of aryl methyl sites for hydroxylation is 1. The standard InChI is InChI=1S/C19H33N3OS/c1-4-5-13-22-16(3)15(2)20-19(22)24-14-18(23)21-17-11-9-7-6-8-10-12-17/h17H,4-14H2,1-3H3,(H,21,23). The van der Waals surface area contributed by atoms with Crippen LogP contribution in [0.5, 0.6) is 0 Å². The van der Waals surface area contributed by atoms with E-state index in [2.05, 4.69) is 35.6 Å². The largest absolute Gasteiger partial charge is 0.353 e. The Morgan fingerprint density at radius 3 is 2.54 bits per heavy atom. The molecule has 4 nitrogen and oxygen atoms in total. The fourth-order valence-electron chi connectivity index (χ4n) is 3.31. The summed E-state index contributed by atoms with van der Waals surface area (Å²) in [7, 11) is 0. The molecule has 0 radical (unpaired) electrons. The van der Waals surface area contributed by atoms with Crippen molar-refractivity contribution in [3.63, 3.8) is 0 Å². The van der Waals surface area contributed by atoms with Gasteiger partial charge in [0, 0.05) is 18.3 Å². The van der Waals surface area contributed by atoms with E-state index in [1.165, 1.54) is 44.2 Å². The van der Waals surface area contributed by atoms with Crippen LogP contribution in [0.3, 0.4) is 0 Å². The first-order valence-corrected chi connectivity index (χ1v) is 10.6. The minimum Gasteiger partial charge on any atom is -0.353 e. The van der Waals surface area contributed by atoms with Gasteiger partial charge in [-0.15, -0.1) is 0 Å². The third-order valence-corrected chi connectivity index (χ3v) is 5.94. The lowest BCUT2D eigenvalue weighted by molar-refractivity contribution is -0.119. The third-order valence-electron chi connectivity index (χ3n) is 4.96. The first-order chi connectivity index (χ1) is 11.6. The average molecular weight is 352 g/mol. The van der Waals surface area contributed by atoms with Gasteiger partial charge in [-0.1, -0.05) is 57.2 Å². The van der Waals surface area contributed by atoms with Crippen LogP contribution in [-0.2, 0) is 11.3 Å². The number of imidazole rings is 1. The van der Waals surface area contributed by atoms with Crippen LogP contribution in [0.1, 0.15) is 76.1 Å². The van der Waals surface area contributed by atoms with Crippen molar-refractivity contribution in [2.75, 3.05) is 5.75 Å². The molecule has 1 amide bonds. The molecule has 1 N–H and O–H groups in total. The van der Waals surface area contributed by atoms with Gasteiger partial charge in [-0.05, 0) is 33.1 Å². The summed E-state index contributed by atoms with van der Waals surface area (Å²) in [5.74, 6) is 0.629. The predicted octanol–water partition coefficient (Wildman–Crippen LogP) is 4.62. The second kappa shape index (κ2) is 10.1. The number of nitrogens with one attached hydrogen (secondary N) is 1. The molecular formula is C19H33N3OS. The van der Waals surface area contributed by atoms with Gasteiger partial charge in [-0.3, -0.25) is 4.79 Å². The van der Waals surface area contributed by atoms with Gasteiger partial charge in [0.05, 0.1) is 11.4 Å². The highest BCUT2D eigenvalue weighted by molar-refractivity contribution is 7.99. The van der Waals surface area contributed by atoms with E-state index in [0.29, 0.717) is 11.8 Å². The number of carbonyl (C=O) groups excluding carboxylic acids is 1. The Balaban J connectivity index is 1.85. The summed E-state index contributed by atoms with van der Waals surface area (Å²) in [6.07, 6.45) is 11.1. The van der Waals surface area contributed by atoms with Crippen molar-refractivity contribution < 1.29 is 4.79 Å². The lowest BCUT2D eigenvalue weighted by Gasteiger charge is -2.21. The maximum absolute atomic E-state index is 12.3. The summed E-state index contributed by atoms with van der Waals surface area (Å²) in [6.45, 7) is 7.37. The van der Waals surface area contributed by atoms with Crippen molar-refractivity contribution in [3.05, 3.63) is 11.4 Å². The maximum Gasteiger partial charge on any atom is 0.230 e. The molecule has 24 heavy (non-hydrogen) atoms. The Morgan fingerprint density at radius 2 is 1.88 bits per heavy atom. The molecule has 0 bridgehead atoms. The second-order valence-electron chi connectivity index (χ2n) is 6.97. The highest BCUT2D eigenvalue weighted by atomic mass is 32.2. The normalized spacial score (nSPS) is 16.6. The SMILES string of the molecule is CCCCn1c(SCC(=O)NC2CCCCCCC2)nc(C)c1C. The zero-order valence-electron chi connectivity index (χ0n) is 15.6. The summed E-state index contributed by atoms with van der Waals surface area (Å²) < 4.78 is 2.27. The quantitative estimate of drug-likeness (QED) is 0.729. The van der Waals surface area contributed by atoms with Crippen LogP contribution in [0.15, 0.2) is 5.16 Å². The van der Waals surface area contributed by atoms with Crippen LogP contribution in [0.2, 0.25) is 0 Å². The average Bonchev–Trinajstić information content (AvgIpc) is 2.80. The molecule has 2 rings (SSSR count). The van der Waals surface area contributed by atoms with Gasteiger partial charge < -0.3 is 9.88 Å². The molecule has 0 spiro atoms. The topological polar surface area (TPSA) is 46.9 Å². The number of carbonyl (C=O) groups is 1. The number of hydrogen-bond acceptors (Lipinski definition) is 3. The van der Waals surface area contributed by atoms with Crippen molar-refractivity contribution in [2.45, 2.75) is 96.3 Å². The molecule has 136 valence electrons. The first kappa shape index (κ1) is 19.4. The zero-order valence-corrected chi connectivity index (χ0v) is 16.4. The van der Waals surface area contributed by atoms with Gasteiger partial charge in [0.15, 0.2) is 5.16 Å². The van der Waals surface area contributed by atoms with Crippen LogP contribution in [0.25, 0.3) is 0 Å². The predicted molar refractivity (Wildman–Crippen MR) is 102 cm³/mol. The summed E-state index contributed by atoms with van der Waals surface area (Å²) in [4.78, 5) is 17.0. The molecule has 0 aromatic carbocycles. The minimum atomic E-state index is 0.158. The van der Waals surface area contributed by atoms with Crippen molar-refractivity contribution in [3.8, 4) is 0 Å². The smallest absolute Gasteiger partial charge is 0.230 e. The van der Waals surface area contributed by atoms with E-state index in [-0.39, 0.29) is 5.91 Å². The molecule has 1 aromatic heterocycles. The zero-order chi connectivity index (χ0) is 17.4. The molecule has 1 fully saturated rings. The Hall–Kier alpha value is -0.970. The van der Waals surface area contributed by atoms with E-state index >= 15 is 0 Å². The van der Waals surface area contributed by atoms with Crippen LogP contribution in [0, 0.1) is 13.8 Å². The number of nitrogens with zero attached hydrogens (tertiary/aromatic N) is 2. The number of rotatable bonds is 7. The van der Waals surface area contributed by atoms with E-state index in [1.807, 2.05) is 0 Å². The Kier molecular flexibility index (Phi) is 8.16. The highest BCUT2D eigenvalue weighted by Gasteiger charge is 2.16. The van der Waals surface area contributed by atoms with Crippen LogP contribution in [-0.4, -0.2) is 27.3 Å². The monoisotopic (exact) mass is 351 g/mol. The van der Waals surface area contributed by atoms with E-state index < -0.39 is 0 Å². The van der Waals surface area contributed by atoms with Crippen molar-refractivity contribution in [2.24, 2.45) is 0 Å². The van der Waals surface area contributed by atoms with Crippen molar-refractivity contribution in [1.29, 1.82) is 0 Å². The summed E-state index contributed by atoms with van der Waals surface area (Å²) in [6, 6.07) is 0.377. The van der Waals surface area contributed by atoms with Crippen LogP contribution >= 0.6 is 11.8 Å². The molecule has 1 aliphatic carbocycles. The third kappa shape index (κ3) is 5.83. The molecule has 0 aliphatic heterocycles. The molecule has 1 saturated carbocycles. The molecule has 0 atom stereocenters. The lowest BCUT2D eigenvalue weighted by atomic mass is 9.97. The molecule has 1 heterocycles. The van der Waals surface area contributed by atoms with E-state index in [1.54, 1.807) is 11.8 Å². The molecule has 0 unspecified atom stereocenters. The fraction of sp³-hybridized carbons (Fsp3) is 0.789. The summed E-state index contributed by atoms with van der Waals surface area (Å²) in [5, 5.41) is 4.24. The Bertz CT molecular complexity index is 519. The Labute approximate surface area is 151 Å². The molecule has 1 aromatic rings. The molecule has 1 aliphatic rings. The maximum atomic E-state index is 12.3. The van der Waals surface area contributed by atoms with Gasteiger partial charge in [-0.25, -0.2) is 4.98 Å². The Morgan fingerprint density at radius 1 is 1.21 bits per heavy atom. The van der Waals surface area contributed by atoms with Gasteiger partial charge in [0.2, 0.25) is 5.91 Å². The van der Waals surface area contributed by atoms with Crippen molar-refractivity contribution in [1.82, 2.24) is 14.9 Å². The minimum absolute atomic E-state index is 0.158. The van der Waals surface area contributed by atoms with Gasteiger partial charge in [0.1, 0.15) is 0 Å². The van der Waals surface area contributed by atoms with E-state index in [9.17, 15) is 4.79 Å². The number of hydrogen-bond donors (Lipinski definition) is 1. The van der Waals surface area contributed by atoms with Gasteiger partial charge in [-0.2, -0.15) is 0 Å². The summed E-state index contributed by atoms with van der Waals surface area (Å²) >= 11 is 1.58. The number of amides is 1. The fourth-order valence-corrected chi connectivity index (χ4v) is 4.24. The molecule has 5 heteroatoms. The lowest BCUT2D eigenvalue weighted by Crippen LogP contribution is -2.36.